The van der Waals surface area contributed by atoms with Crippen LogP contribution in [0.5, 0.6) is 0 Å². The number of carbonyl (C=O) groups excluding carboxylic acids is 1. The standard InChI is InChI=1S/C14H12N4O/c1-10(19)17-12-3-2-4-13(7-12)18-14-9-16-6-5-11(14)8-15/h2-7,9,18H,1H3,(H,17,19). The van der Waals surface area contributed by atoms with Crippen LogP contribution in [-0.2, 0) is 4.79 Å². The highest BCUT2D eigenvalue weighted by molar-refractivity contribution is 5.89. The third kappa shape index (κ3) is 3.30. The maximum Gasteiger partial charge on any atom is 0.221 e. The monoisotopic (exact) mass is 252 g/mol. The van der Waals surface area contributed by atoms with Crippen LogP contribution in [0.15, 0.2) is 42.7 Å². The van der Waals surface area contributed by atoms with E-state index in [0.717, 1.165) is 5.69 Å². The van der Waals surface area contributed by atoms with E-state index >= 15 is 0 Å². The molecule has 0 atom stereocenters. The molecular weight excluding hydrogens is 240 g/mol. The van der Waals surface area contributed by atoms with Crippen LogP contribution in [0.2, 0.25) is 0 Å². The predicted octanol–water partition coefficient (Wildman–Crippen LogP) is 2.66. The van der Waals surface area contributed by atoms with Crippen LogP contribution >= 0.6 is 0 Å². The summed E-state index contributed by atoms with van der Waals surface area (Å²) >= 11 is 0. The molecule has 1 amide bonds. The zero-order chi connectivity index (χ0) is 13.7. The first-order chi connectivity index (χ1) is 9.19. The fourth-order valence-electron chi connectivity index (χ4n) is 1.63. The summed E-state index contributed by atoms with van der Waals surface area (Å²) in [6.45, 7) is 1.45. The van der Waals surface area contributed by atoms with Crippen molar-refractivity contribution in [2.24, 2.45) is 0 Å². The Kier molecular flexibility index (Phi) is 3.74. The third-order valence-electron chi connectivity index (χ3n) is 2.40. The van der Waals surface area contributed by atoms with Gasteiger partial charge in [0.2, 0.25) is 5.91 Å². The molecule has 0 bridgehead atoms. The van der Waals surface area contributed by atoms with Gasteiger partial charge in [0.25, 0.3) is 0 Å². The molecule has 1 aromatic carbocycles. The molecule has 0 unspecified atom stereocenters. The molecular formula is C14H12N4O. The lowest BCUT2D eigenvalue weighted by atomic mass is 10.2. The molecule has 94 valence electrons. The van der Waals surface area contributed by atoms with Crippen molar-refractivity contribution in [3.8, 4) is 6.07 Å². The fraction of sp³-hybridized carbons (Fsp3) is 0.0714. The normalized spacial score (nSPS) is 9.47. The largest absolute Gasteiger partial charge is 0.353 e. The zero-order valence-electron chi connectivity index (χ0n) is 10.3. The summed E-state index contributed by atoms with van der Waals surface area (Å²) in [5.74, 6) is -0.128. The van der Waals surface area contributed by atoms with Gasteiger partial charge in [0.15, 0.2) is 0 Å². The molecule has 0 aliphatic heterocycles. The molecule has 0 saturated carbocycles. The van der Waals surface area contributed by atoms with E-state index in [-0.39, 0.29) is 5.91 Å². The van der Waals surface area contributed by atoms with Gasteiger partial charge in [-0.3, -0.25) is 9.78 Å². The van der Waals surface area contributed by atoms with Crippen LogP contribution < -0.4 is 10.6 Å². The molecule has 0 fully saturated rings. The van der Waals surface area contributed by atoms with Crippen LogP contribution in [0.4, 0.5) is 17.1 Å². The number of benzene rings is 1. The summed E-state index contributed by atoms with van der Waals surface area (Å²) < 4.78 is 0. The van der Waals surface area contributed by atoms with Gasteiger partial charge in [-0.05, 0) is 24.3 Å². The molecule has 5 nitrogen and oxygen atoms in total. The summed E-state index contributed by atoms with van der Waals surface area (Å²) in [7, 11) is 0. The first kappa shape index (κ1) is 12.6. The second kappa shape index (κ2) is 5.65. The Morgan fingerprint density at radius 3 is 2.84 bits per heavy atom. The molecule has 0 spiro atoms. The first-order valence-corrected chi connectivity index (χ1v) is 5.68. The molecule has 2 N–H and O–H groups in total. The van der Waals surface area contributed by atoms with Gasteiger partial charge in [0, 0.05) is 24.5 Å². The average Bonchev–Trinajstić information content (AvgIpc) is 2.39. The van der Waals surface area contributed by atoms with Gasteiger partial charge in [0.05, 0.1) is 17.4 Å². The highest BCUT2D eigenvalue weighted by Gasteiger charge is 2.03. The Hall–Kier alpha value is -2.87. The van der Waals surface area contributed by atoms with Crippen LogP contribution in [0.25, 0.3) is 0 Å². The number of nitrogens with zero attached hydrogens (tertiary/aromatic N) is 2. The van der Waals surface area contributed by atoms with E-state index in [2.05, 4.69) is 21.7 Å². The maximum atomic E-state index is 11.0. The van der Waals surface area contributed by atoms with Crippen LogP contribution in [0, 0.1) is 11.3 Å². The van der Waals surface area contributed by atoms with Crippen molar-refractivity contribution in [1.29, 1.82) is 5.26 Å². The molecule has 0 aliphatic carbocycles. The predicted molar refractivity (Wildman–Crippen MR) is 73.0 cm³/mol. The molecule has 0 radical (unpaired) electrons. The van der Waals surface area contributed by atoms with Gasteiger partial charge in [-0.25, -0.2) is 0 Å². The third-order valence-corrected chi connectivity index (χ3v) is 2.40. The molecule has 0 saturated heterocycles. The topological polar surface area (TPSA) is 77.8 Å². The summed E-state index contributed by atoms with van der Waals surface area (Å²) in [4.78, 5) is 15.0. The number of hydrogen-bond acceptors (Lipinski definition) is 4. The maximum absolute atomic E-state index is 11.0. The number of aromatic nitrogens is 1. The van der Waals surface area contributed by atoms with Crippen LogP contribution in [0.3, 0.4) is 0 Å². The number of rotatable bonds is 3. The molecule has 5 heteroatoms. The molecule has 2 rings (SSSR count). The van der Waals surface area contributed by atoms with E-state index in [1.807, 2.05) is 12.1 Å². The first-order valence-electron chi connectivity index (χ1n) is 5.68. The highest BCUT2D eigenvalue weighted by atomic mass is 16.1. The smallest absolute Gasteiger partial charge is 0.221 e. The van der Waals surface area contributed by atoms with Crippen molar-refractivity contribution >= 4 is 23.0 Å². The molecule has 19 heavy (non-hydrogen) atoms. The second-order valence-corrected chi connectivity index (χ2v) is 3.92. The van der Waals surface area contributed by atoms with Gasteiger partial charge in [-0.2, -0.15) is 5.26 Å². The number of nitriles is 1. The minimum atomic E-state index is -0.128. The Labute approximate surface area is 110 Å². The van der Waals surface area contributed by atoms with Crippen LogP contribution in [-0.4, -0.2) is 10.9 Å². The summed E-state index contributed by atoms with van der Waals surface area (Å²) in [6.07, 6.45) is 3.15. The number of pyridine rings is 1. The molecule has 1 aromatic heterocycles. The SMILES string of the molecule is CC(=O)Nc1cccc(Nc2cnccc2C#N)c1. The molecule has 2 aromatic rings. The lowest BCUT2D eigenvalue weighted by Crippen LogP contribution is -2.05. The van der Waals surface area contributed by atoms with Crippen molar-refractivity contribution in [3.63, 3.8) is 0 Å². The minimum Gasteiger partial charge on any atom is -0.353 e. The van der Waals surface area contributed by atoms with Gasteiger partial charge in [0.1, 0.15) is 6.07 Å². The van der Waals surface area contributed by atoms with E-state index in [0.29, 0.717) is 16.9 Å². The molecule has 1 heterocycles. The van der Waals surface area contributed by atoms with E-state index in [1.165, 1.54) is 6.92 Å². The lowest BCUT2D eigenvalue weighted by molar-refractivity contribution is -0.114. The quantitative estimate of drug-likeness (QED) is 0.880. The van der Waals surface area contributed by atoms with Crippen LogP contribution in [0.1, 0.15) is 12.5 Å². The van der Waals surface area contributed by atoms with Gasteiger partial charge >= 0.3 is 0 Å². The Bertz CT molecular complexity index is 646. The Balaban J connectivity index is 2.24. The number of amides is 1. The Morgan fingerprint density at radius 1 is 1.32 bits per heavy atom. The molecule has 0 aliphatic rings. The van der Waals surface area contributed by atoms with Gasteiger partial charge in [-0.1, -0.05) is 6.07 Å². The van der Waals surface area contributed by atoms with E-state index in [9.17, 15) is 4.79 Å². The van der Waals surface area contributed by atoms with E-state index in [4.69, 9.17) is 5.26 Å². The van der Waals surface area contributed by atoms with Crippen molar-refractivity contribution in [1.82, 2.24) is 4.98 Å². The number of anilines is 3. The second-order valence-electron chi connectivity index (χ2n) is 3.92. The van der Waals surface area contributed by atoms with Crippen molar-refractivity contribution in [3.05, 3.63) is 48.3 Å². The van der Waals surface area contributed by atoms with Crippen molar-refractivity contribution in [2.75, 3.05) is 10.6 Å². The number of hydrogen-bond donors (Lipinski definition) is 2. The van der Waals surface area contributed by atoms with Crippen molar-refractivity contribution < 1.29 is 4.79 Å². The minimum absolute atomic E-state index is 0.128. The van der Waals surface area contributed by atoms with Gasteiger partial charge < -0.3 is 10.6 Å². The zero-order valence-corrected chi connectivity index (χ0v) is 10.3. The van der Waals surface area contributed by atoms with Gasteiger partial charge in [-0.15, -0.1) is 0 Å². The summed E-state index contributed by atoms with van der Waals surface area (Å²) in [5.41, 5.74) is 2.61. The number of carbonyl (C=O) groups is 1. The van der Waals surface area contributed by atoms with E-state index < -0.39 is 0 Å². The Morgan fingerprint density at radius 2 is 2.11 bits per heavy atom. The summed E-state index contributed by atoms with van der Waals surface area (Å²) in [5, 5.41) is 14.8. The number of nitrogens with one attached hydrogen (secondary N) is 2. The highest BCUT2D eigenvalue weighted by Crippen LogP contribution is 2.21. The average molecular weight is 252 g/mol. The van der Waals surface area contributed by atoms with Crippen molar-refractivity contribution in [2.45, 2.75) is 6.92 Å². The lowest BCUT2D eigenvalue weighted by Gasteiger charge is -2.09. The summed E-state index contributed by atoms with van der Waals surface area (Å²) in [6, 6.07) is 11.0. The fourth-order valence-corrected chi connectivity index (χ4v) is 1.63. The van der Waals surface area contributed by atoms with E-state index in [1.54, 1.807) is 30.6 Å².